The standard InChI is InChI=1S/C36H58O12/c1-10-35(6,7)45-17-26-30(41)33(46-21(5)38)31(42)34(47-26)48-32-28-24(18(2)15-44-20(4)37)13-27(39)36(28,8)14-25-22(16-43-9)11-12-23(25)19(3)29(32)40/h14,18-19,22-23,26-27,29-34,39-42H,10-13,15-17H2,1-9H3/b25-14-/t18-,19-,22-,23+,26-,27+,29-,30-,31-,32-,33+,34-,36+/m1/s1. The fourth-order valence-corrected chi connectivity index (χ4v) is 7.93. The molecule has 0 unspecified atom stereocenters. The summed E-state index contributed by atoms with van der Waals surface area (Å²) in [4.78, 5) is 23.9. The fraction of sp³-hybridized carbons (Fsp3) is 0.833. The highest BCUT2D eigenvalue weighted by Gasteiger charge is 2.56. The lowest BCUT2D eigenvalue weighted by Crippen LogP contribution is -2.62. The highest BCUT2D eigenvalue weighted by Crippen LogP contribution is 2.56. The number of esters is 2. The van der Waals surface area contributed by atoms with Crippen molar-refractivity contribution in [3.8, 4) is 0 Å². The van der Waals surface area contributed by atoms with Crippen LogP contribution in [0.2, 0.25) is 0 Å². The minimum atomic E-state index is -1.61. The third-order valence-corrected chi connectivity index (χ3v) is 11.2. The Labute approximate surface area is 284 Å². The molecule has 1 aliphatic heterocycles. The molecule has 0 aromatic rings. The van der Waals surface area contributed by atoms with Gasteiger partial charge in [-0.25, -0.2) is 0 Å². The van der Waals surface area contributed by atoms with Crippen LogP contribution in [0.1, 0.15) is 81.1 Å². The number of rotatable bonds is 12. The van der Waals surface area contributed by atoms with Gasteiger partial charge in [-0.05, 0) is 63.9 Å². The summed E-state index contributed by atoms with van der Waals surface area (Å²) in [5, 5.41) is 46.8. The molecule has 4 N–H and O–H groups in total. The van der Waals surface area contributed by atoms with Crippen LogP contribution in [0, 0.1) is 29.1 Å². The molecule has 0 spiro atoms. The summed E-state index contributed by atoms with van der Waals surface area (Å²) in [5.41, 5.74) is 1.03. The molecule has 0 radical (unpaired) electrons. The molecule has 13 atom stereocenters. The number of carbonyl (C=O) groups excluding carboxylic acids is 2. The van der Waals surface area contributed by atoms with Gasteiger partial charge in [0.05, 0.1) is 37.6 Å². The van der Waals surface area contributed by atoms with Gasteiger partial charge in [0, 0.05) is 38.2 Å². The summed E-state index contributed by atoms with van der Waals surface area (Å²) in [6, 6.07) is 0. The minimum Gasteiger partial charge on any atom is -0.465 e. The Hall–Kier alpha value is -1.90. The molecular weight excluding hydrogens is 624 g/mol. The monoisotopic (exact) mass is 682 g/mol. The molecule has 48 heavy (non-hydrogen) atoms. The number of aliphatic hydroxyl groups is 4. The second-order valence-corrected chi connectivity index (χ2v) is 15.1. The van der Waals surface area contributed by atoms with Gasteiger partial charge in [-0.3, -0.25) is 9.59 Å². The number of aliphatic hydroxyl groups excluding tert-OH is 4. The zero-order valence-corrected chi connectivity index (χ0v) is 30.0. The number of fused-ring (bicyclic) bond motifs is 2. The first-order valence-electron chi connectivity index (χ1n) is 17.4. The topological polar surface area (TPSA) is 170 Å². The van der Waals surface area contributed by atoms with E-state index in [-0.39, 0.29) is 43.3 Å². The number of carbonyl (C=O) groups is 2. The van der Waals surface area contributed by atoms with Crippen LogP contribution in [0.4, 0.5) is 0 Å². The minimum absolute atomic E-state index is 0.00965. The van der Waals surface area contributed by atoms with E-state index in [1.54, 1.807) is 7.11 Å². The van der Waals surface area contributed by atoms with E-state index in [9.17, 15) is 30.0 Å². The van der Waals surface area contributed by atoms with Gasteiger partial charge in [0.2, 0.25) is 0 Å². The Morgan fingerprint density at radius 3 is 2.35 bits per heavy atom. The predicted octanol–water partition coefficient (Wildman–Crippen LogP) is 2.83. The average molecular weight is 683 g/mol. The molecule has 1 saturated heterocycles. The maximum absolute atomic E-state index is 12.3. The summed E-state index contributed by atoms with van der Waals surface area (Å²) in [7, 11) is 1.67. The molecule has 3 aliphatic carbocycles. The zero-order chi connectivity index (χ0) is 35.7. The quantitative estimate of drug-likeness (QED) is 0.176. The van der Waals surface area contributed by atoms with Crippen LogP contribution >= 0.6 is 0 Å². The van der Waals surface area contributed by atoms with Crippen molar-refractivity contribution in [1.82, 2.24) is 0 Å². The molecule has 4 aliphatic rings. The van der Waals surface area contributed by atoms with E-state index in [1.807, 2.05) is 41.5 Å². The zero-order valence-electron chi connectivity index (χ0n) is 30.0. The van der Waals surface area contributed by atoms with Crippen molar-refractivity contribution in [2.75, 3.05) is 26.9 Å². The summed E-state index contributed by atoms with van der Waals surface area (Å²) >= 11 is 0. The molecule has 4 rings (SSSR count). The van der Waals surface area contributed by atoms with E-state index in [0.29, 0.717) is 18.6 Å². The Bertz CT molecular complexity index is 1210. The van der Waals surface area contributed by atoms with Crippen molar-refractivity contribution in [2.45, 2.75) is 136 Å². The van der Waals surface area contributed by atoms with Crippen molar-refractivity contribution in [2.24, 2.45) is 29.1 Å². The Morgan fingerprint density at radius 1 is 1.06 bits per heavy atom. The first-order valence-corrected chi connectivity index (χ1v) is 17.4. The van der Waals surface area contributed by atoms with Crippen LogP contribution in [0.3, 0.4) is 0 Å². The van der Waals surface area contributed by atoms with E-state index in [0.717, 1.165) is 24.0 Å². The van der Waals surface area contributed by atoms with Gasteiger partial charge < -0.3 is 48.8 Å². The summed E-state index contributed by atoms with van der Waals surface area (Å²) in [6.07, 6.45) is -5.23. The number of methoxy groups -OCH3 is 1. The molecule has 1 saturated carbocycles. The van der Waals surface area contributed by atoms with Crippen molar-refractivity contribution in [1.29, 1.82) is 0 Å². The normalized spacial score (nSPS) is 40.3. The summed E-state index contributed by atoms with van der Waals surface area (Å²) < 4.78 is 35.3. The van der Waals surface area contributed by atoms with Gasteiger partial charge in [-0.15, -0.1) is 0 Å². The van der Waals surface area contributed by atoms with E-state index in [4.69, 9.17) is 28.4 Å². The van der Waals surface area contributed by atoms with E-state index in [1.165, 1.54) is 13.8 Å². The Balaban J connectivity index is 1.82. The number of ether oxygens (including phenoxy) is 6. The molecule has 12 nitrogen and oxygen atoms in total. The lowest BCUT2D eigenvalue weighted by atomic mass is 9.68. The third kappa shape index (κ3) is 8.01. The van der Waals surface area contributed by atoms with Gasteiger partial charge in [-0.2, -0.15) is 0 Å². The first-order chi connectivity index (χ1) is 22.4. The van der Waals surface area contributed by atoms with Crippen LogP contribution in [-0.2, 0) is 38.0 Å². The van der Waals surface area contributed by atoms with Crippen molar-refractivity contribution >= 4 is 11.9 Å². The third-order valence-electron chi connectivity index (χ3n) is 11.2. The molecule has 0 bridgehead atoms. The van der Waals surface area contributed by atoms with Gasteiger partial charge in [-0.1, -0.05) is 38.0 Å². The highest BCUT2D eigenvalue weighted by atomic mass is 16.7. The van der Waals surface area contributed by atoms with Crippen LogP contribution in [0.5, 0.6) is 0 Å². The van der Waals surface area contributed by atoms with Gasteiger partial charge in [0.25, 0.3) is 0 Å². The van der Waals surface area contributed by atoms with Crippen LogP contribution in [0.15, 0.2) is 22.8 Å². The molecule has 0 aromatic heterocycles. The molecule has 0 amide bonds. The summed E-state index contributed by atoms with van der Waals surface area (Å²) in [6.45, 7) is 14.6. The van der Waals surface area contributed by atoms with Crippen LogP contribution in [-0.4, -0.2) is 114 Å². The lowest BCUT2D eigenvalue weighted by molar-refractivity contribution is -0.321. The molecular formula is C36H58O12. The number of hydrogen-bond acceptors (Lipinski definition) is 12. The van der Waals surface area contributed by atoms with Crippen LogP contribution < -0.4 is 0 Å². The Kier molecular flexibility index (Phi) is 12.6. The van der Waals surface area contributed by atoms with Crippen molar-refractivity contribution in [3.63, 3.8) is 0 Å². The van der Waals surface area contributed by atoms with E-state index < -0.39 is 72.0 Å². The smallest absolute Gasteiger partial charge is 0.303 e. The molecule has 12 heteroatoms. The molecule has 274 valence electrons. The van der Waals surface area contributed by atoms with E-state index in [2.05, 4.69) is 6.08 Å². The lowest BCUT2D eigenvalue weighted by Gasteiger charge is -2.47. The van der Waals surface area contributed by atoms with E-state index >= 15 is 0 Å². The highest BCUT2D eigenvalue weighted by molar-refractivity contribution is 5.66. The molecule has 0 aromatic carbocycles. The SMILES string of the molecule is CCC(C)(C)OC[C@H]1O[C@H](O[C@@H]2C3=C([C@H](C)COC(C)=O)C[C@H](O)[C@]3(C)/C=C3/[C@@H](COC)CC[C@H]3[C@@H](C)[C@H]2O)[C@H](O)[C@@H](OC(C)=O)[C@@H]1O. The maximum Gasteiger partial charge on any atom is 0.303 e. The Morgan fingerprint density at radius 2 is 1.75 bits per heavy atom. The average Bonchev–Trinajstić information content (AvgIpc) is 3.52. The van der Waals surface area contributed by atoms with Crippen molar-refractivity contribution < 1.29 is 58.4 Å². The first kappa shape index (κ1) is 38.9. The molecule has 1 heterocycles. The molecule has 2 fully saturated rings. The van der Waals surface area contributed by atoms with Gasteiger partial charge in [0.15, 0.2) is 12.4 Å². The van der Waals surface area contributed by atoms with Gasteiger partial charge >= 0.3 is 11.9 Å². The predicted molar refractivity (Wildman–Crippen MR) is 174 cm³/mol. The second kappa shape index (κ2) is 15.6. The number of hydrogen-bond donors (Lipinski definition) is 4. The maximum atomic E-state index is 12.3. The second-order valence-electron chi connectivity index (χ2n) is 15.1. The summed E-state index contributed by atoms with van der Waals surface area (Å²) in [5.74, 6) is -1.65. The fourth-order valence-electron chi connectivity index (χ4n) is 7.93. The van der Waals surface area contributed by atoms with Gasteiger partial charge in [0.1, 0.15) is 24.4 Å². The van der Waals surface area contributed by atoms with Crippen LogP contribution in [0.25, 0.3) is 0 Å². The largest absolute Gasteiger partial charge is 0.465 e. The van der Waals surface area contributed by atoms with Crippen molar-refractivity contribution in [3.05, 3.63) is 22.8 Å².